The van der Waals surface area contributed by atoms with Crippen molar-refractivity contribution < 1.29 is 19.4 Å². The van der Waals surface area contributed by atoms with Crippen molar-refractivity contribution in [1.29, 1.82) is 0 Å². The molecule has 2 amide bonds. The number of halogens is 1. The molecule has 0 atom stereocenters. The third-order valence-corrected chi connectivity index (χ3v) is 5.74. The van der Waals surface area contributed by atoms with Crippen LogP contribution in [0.25, 0.3) is 0 Å². The number of rotatable bonds is 4. The number of phenols is 1. The van der Waals surface area contributed by atoms with Crippen LogP contribution in [-0.4, -0.2) is 30.6 Å². The molecule has 1 aliphatic rings. The lowest BCUT2D eigenvalue weighted by molar-refractivity contribution is 0.0985. The van der Waals surface area contributed by atoms with E-state index in [9.17, 15) is 14.7 Å². The number of amides is 2. The van der Waals surface area contributed by atoms with E-state index >= 15 is 0 Å². The van der Waals surface area contributed by atoms with Crippen molar-refractivity contribution in [3.8, 4) is 11.5 Å². The Morgan fingerprint density at radius 1 is 1.06 bits per heavy atom. The van der Waals surface area contributed by atoms with E-state index in [4.69, 9.17) is 16.3 Å². The Bertz CT molecular complexity index is 1180. The van der Waals surface area contributed by atoms with Gasteiger partial charge in [-0.1, -0.05) is 23.7 Å². The second kappa shape index (κ2) is 9.32. The Morgan fingerprint density at radius 3 is 2.66 bits per heavy atom. The number of carbonyl (C=O) groups is 2. The Morgan fingerprint density at radius 2 is 1.88 bits per heavy atom. The van der Waals surface area contributed by atoms with Crippen molar-refractivity contribution in [2.45, 2.75) is 19.3 Å². The predicted molar refractivity (Wildman–Crippen MR) is 125 cm³/mol. The van der Waals surface area contributed by atoms with E-state index in [0.717, 1.165) is 30.5 Å². The molecule has 0 unspecified atom stereocenters. The first-order valence-electron chi connectivity index (χ1n) is 10.4. The molecule has 32 heavy (non-hydrogen) atoms. The summed E-state index contributed by atoms with van der Waals surface area (Å²) in [7, 11) is 1.47. The first-order chi connectivity index (χ1) is 15.5. The van der Waals surface area contributed by atoms with Gasteiger partial charge in [-0.2, -0.15) is 0 Å². The smallest absolute Gasteiger partial charge is 0.259 e. The highest BCUT2D eigenvalue weighted by Gasteiger charge is 2.24. The van der Waals surface area contributed by atoms with Gasteiger partial charge in [0.1, 0.15) is 11.5 Å². The molecule has 1 aliphatic heterocycles. The van der Waals surface area contributed by atoms with Gasteiger partial charge >= 0.3 is 0 Å². The third-order valence-electron chi connectivity index (χ3n) is 5.50. The summed E-state index contributed by atoms with van der Waals surface area (Å²) in [6, 6.07) is 16.8. The van der Waals surface area contributed by atoms with E-state index in [-0.39, 0.29) is 17.2 Å². The van der Waals surface area contributed by atoms with E-state index in [2.05, 4.69) is 5.32 Å². The zero-order valence-electron chi connectivity index (χ0n) is 17.6. The number of hydrogen-bond acceptors (Lipinski definition) is 4. The van der Waals surface area contributed by atoms with Crippen molar-refractivity contribution in [3.05, 3.63) is 82.4 Å². The quantitative estimate of drug-likeness (QED) is 0.566. The number of nitrogens with zero attached hydrogens (tertiary/aromatic N) is 1. The van der Waals surface area contributed by atoms with Crippen LogP contribution in [0.1, 0.15) is 39.1 Å². The summed E-state index contributed by atoms with van der Waals surface area (Å²) in [5.41, 5.74) is 2.93. The van der Waals surface area contributed by atoms with Crippen molar-refractivity contribution in [3.63, 3.8) is 0 Å². The Labute approximate surface area is 191 Å². The summed E-state index contributed by atoms with van der Waals surface area (Å²) < 4.78 is 5.43. The second-order valence-corrected chi connectivity index (χ2v) is 8.01. The van der Waals surface area contributed by atoms with Crippen molar-refractivity contribution in [2.24, 2.45) is 0 Å². The van der Waals surface area contributed by atoms with Gasteiger partial charge < -0.3 is 20.1 Å². The monoisotopic (exact) mass is 450 g/mol. The van der Waals surface area contributed by atoms with Gasteiger partial charge in [0.2, 0.25) is 0 Å². The lowest BCUT2D eigenvalue weighted by Crippen LogP contribution is -2.31. The lowest BCUT2D eigenvalue weighted by atomic mass is 10.1. The highest BCUT2D eigenvalue weighted by Crippen LogP contribution is 2.32. The molecule has 4 rings (SSSR count). The van der Waals surface area contributed by atoms with Crippen LogP contribution in [0, 0.1) is 0 Å². The van der Waals surface area contributed by atoms with Crippen LogP contribution in [0.2, 0.25) is 5.02 Å². The van der Waals surface area contributed by atoms with Crippen LogP contribution in [0.3, 0.4) is 0 Å². The molecule has 0 spiro atoms. The van der Waals surface area contributed by atoms with Crippen LogP contribution in [0.5, 0.6) is 11.5 Å². The van der Waals surface area contributed by atoms with Crippen molar-refractivity contribution in [2.75, 3.05) is 23.9 Å². The molecule has 0 aliphatic carbocycles. The molecule has 3 aromatic rings. The van der Waals surface area contributed by atoms with Gasteiger partial charge in [0.05, 0.1) is 18.4 Å². The molecule has 2 N–H and O–H groups in total. The van der Waals surface area contributed by atoms with Gasteiger partial charge in [-0.05, 0) is 73.4 Å². The molecular weight excluding hydrogens is 428 g/mol. The standard InChI is InChI=1S/C25H23ClN2O4/c1-32-23-15-17(9-11-20(23)27-24(30)19-7-2-3-8-22(19)29)25(31)28-13-5-4-6-16-14-18(26)10-12-21(16)28/h2-3,7-12,14-15,29H,4-6,13H2,1H3,(H,27,30). The number of hydrogen-bond donors (Lipinski definition) is 2. The molecule has 164 valence electrons. The molecular formula is C25H23ClN2O4. The van der Waals surface area contributed by atoms with E-state index in [1.165, 1.54) is 19.2 Å². The highest BCUT2D eigenvalue weighted by atomic mass is 35.5. The minimum Gasteiger partial charge on any atom is -0.507 e. The average molecular weight is 451 g/mol. The number of benzene rings is 3. The van der Waals surface area contributed by atoms with Crippen LogP contribution in [0.4, 0.5) is 11.4 Å². The first kappa shape index (κ1) is 21.7. The number of fused-ring (bicyclic) bond motifs is 1. The van der Waals surface area contributed by atoms with Crippen molar-refractivity contribution >= 4 is 34.8 Å². The summed E-state index contributed by atoms with van der Waals surface area (Å²) >= 11 is 6.16. The highest BCUT2D eigenvalue weighted by molar-refractivity contribution is 6.30. The van der Waals surface area contributed by atoms with Gasteiger partial charge in [-0.25, -0.2) is 0 Å². The maximum Gasteiger partial charge on any atom is 0.259 e. The maximum absolute atomic E-state index is 13.4. The largest absolute Gasteiger partial charge is 0.507 e. The zero-order chi connectivity index (χ0) is 22.7. The summed E-state index contributed by atoms with van der Waals surface area (Å²) in [4.78, 5) is 27.7. The van der Waals surface area contributed by atoms with Crippen LogP contribution in [-0.2, 0) is 6.42 Å². The summed E-state index contributed by atoms with van der Waals surface area (Å²) in [5.74, 6) is -0.382. The fraction of sp³-hybridized carbons (Fsp3) is 0.200. The predicted octanol–water partition coefficient (Wildman–Crippen LogP) is 5.29. The molecule has 0 radical (unpaired) electrons. The number of phenolic OH excluding ortho intramolecular Hbond substituents is 1. The fourth-order valence-electron chi connectivity index (χ4n) is 3.87. The van der Waals surface area contributed by atoms with E-state index in [1.807, 2.05) is 12.1 Å². The maximum atomic E-state index is 13.4. The minimum atomic E-state index is -0.473. The second-order valence-electron chi connectivity index (χ2n) is 7.57. The average Bonchev–Trinajstić information content (AvgIpc) is 3.01. The number of aryl methyl sites for hydroxylation is 1. The van der Waals surface area contributed by atoms with E-state index < -0.39 is 5.91 Å². The van der Waals surface area contributed by atoms with Gasteiger partial charge in [0, 0.05) is 22.8 Å². The van der Waals surface area contributed by atoms with Crippen LogP contribution < -0.4 is 15.0 Å². The third kappa shape index (κ3) is 4.41. The van der Waals surface area contributed by atoms with Crippen molar-refractivity contribution in [1.82, 2.24) is 0 Å². The number of methoxy groups -OCH3 is 1. The molecule has 1 heterocycles. The molecule has 0 fully saturated rings. The Balaban J connectivity index is 1.61. The van der Waals surface area contributed by atoms with Gasteiger partial charge in [0.15, 0.2) is 0 Å². The van der Waals surface area contributed by atoms with Gasteiger partial charge in [-0.3, -0.25) is 9.59 Å². The van der Waals surface area contributed by atoms with E-state index in [1.54, 1.807) is 41.3 Å². The fourth-order valence-corrected chi connectivity index (χ4v) is 4.07. The lowest BCUT2D eigenvalue weighted by Gasteiger charge is -2.23. The number of nitrogens with one attached hydrogen (secondary N) is 1. The number of aromatic hydroxyl groups is 1. The summed E-state index contributed by atoms with van der Waals surface area (Å²) in [6.45, 7) is 0.613. The number of para-hydroxylation sites is 1. The number of anilines is 2. The number of ether oxygens (including phenoxy) is 1. The summed E-state index contributed by atoms with van der Waals surface area (Å²) in [5, 5.41) is 13.3. The molecule has 7 heteroatoms. The Hall–Kier alpha value is -3.51. The SMILES string of the molecule is COc1cc(C(=O)N2CCCCc3cc(Cl)ccc32)ccc1NC(=O)c1ccccc1O. The molecule has 0 saturated carbocycles. The molecule has 6 nitrogen and oxygen atoms in total. The van der Waals surface area contributed by atoms with Gasteiger partial charge in [-0.15, -0.1) is 0 Å². The first-order valence-corrected chi connectivity index (χ1v) is 10.7. The molecule has 3 aromatic carbocycles. The molecule has 0 aromatic heterocycles. The van der Waals surface area contributed by atoms with Crippen LogP contribution in [0.15, 0.2) is 60.7 Å². The Kier molecular flexibility index (Phi) is 6.32. The van der Waals surface area contributed by atoms with Gasteiger partial charge in [0.25, 0.3) is 11.8 Å². The molecule has 0 bridgehead atoms. The van der Waals surface area contributed by atoms with E-state index in [0.29, 0.717) is 28.6 Å². The number of carbonyl (C=O) groups excluding carboxylic acids is 2. The summed E-state index contributed by atoms with van der Waals surface area (Å²) in [6.07, 6.45) is 2.75. The molecule has 0 saturated heterocycles. The van der Waals surface area contributed by atoms with Crippen LogP contribution >= 0.6 is 11.6 Å². The minimum absolute atomic E-state index is 0.115. The zero-order valence-corrected chi connectivity index (χ0v) is 18.4. The topological polar surface area (TPSA) is 78.9 Å². The normalized spacial score (nSPS) is 13.1.